The molecule has 1 aliphatic heterocycles. The van der Waals surface area contributed by atoms with Crippen LogP contribution in [0.15, 0.2) is 0 Å². The summed E-state index contributed by atoms with van der Waals surface area (Å²) in [6.07, 6.45) is 4.87. The summed E-state index contributed by atoms with van der Waals surface area (Å²) in [4.78, 5) is 26.8. The first-order valence-corrected chi connectivity index (χ1v) is 8.86. The number of hydrogen-bond acceptors (Lipinski definition) is 4. The Labute approximate surface area is 130 Å². The standard InChI is InChI=1S/C14H25N3O3S/c1-3-16(9-13(18)19)11-6-10(7-11)15-14(20)17-5-4-12(8-17)21-2/h10-12H,3-9H2,1-2H3,(H,15,20)(H,18,19). The SMILES string of the molecule is CCN(CC(=O)O)C1CC(NC(=O)N2CCC(SC)C2)C1. The molecule has 0 aromatic heterocycles. The van der Waals surface area contributed by atoms with E-state index in [1.54, 1.807) is 0 Å². The Hall–Kier alpha value is -0.950. The summed E-state index contributed by atoms with van der Waals surface area (Å²) in [5, 5.41) is 12.5. The summed E-state index contributed by atoms with van der Waals surface area (Å²) < 4.78 is 0. The number of carboxylic acid groups (broad SMARTS) is 1. The number of amides is 2. The minimum Gasteiger partial charge on any atom is -0.480 e. The molecule has 120 valence electrons. The number of aliphatic carboxylic acids is 1. The van der Waals surface area contributed by atoms with Crippen molar-refractivity contribution in [2.45, 2.75) is 43.5 Å². The van der Waals surface area contributed by atoms with Gasteiger partial charge in [-0.1, -0.05) is 6.92 Å². The van der Waals surface area contributed by atoms with E-state index in [-0.39, 0.29) is 24.7 Å². The lowest BCUT2D eigenvalue weighted by Gasteiger charge is -2.42. The molecule has 1 unspecified atom stereocenters. The van der Waals surface area contributed by atoms with Crippen LogP contribution >= 0.6 is 11.8 Å². The highest BCUT2D eigenvalue weighted by Crippen LogP contribution is 2.26. The van der Waals surface area contributed by atoms with Gasteiger partial charge in [0.2, 0.25) is 0 Å². The largest absolute Gasteiger partial charge is 0.480 e. The first-order valence-electron chi connectivity index (χ1n) is 7.57. The second-order valence-electron chi connectivity index (χ2n) is 5.82. The Morgan fingerprint density at radius 2 is 2.14 bits per heavy atom. The van der Waals surface area contributed by atoms with Crippen LogP contribution in [0.4, 0.5) is 4.79 Å². The van der Waals surface area contributed by atoms with Gasteiger partial charge in [0.1, 0.15) is 0 Å². The summed E-state index contributed by atoms with van der Waals surface area (Å²) in [7, 11) is 0. The highest BCUT2D eigenvalue weighted by Gasteiger charge is 2.36. The molecule has 2 aliphatic rings. The zero-order valence-corrected chi connectivity index (χ0v) is 13.6. The van der Waals surface area contributed by atoms with Crippen LogP contribution in [0, 0.1) is 0 Å². The second kappa shape index (κ2) is 7.35. The molecule has 0 radical (unpaired) electrons. The fraction of sp³-hybridized carbons (Fsp3) is 0.857. The van der Waals surface area contributed by atoms with Gasteiger partial charge in [-0.25, -0.2) is 4.79 Å². The van der Waals surface area contributed by atoms with Gasteiger partial charge in [0.05, 0.1) is 6.54 Å². The van der Waals surface area contributed by atoms with Crippen molar-refractivity contribution in [2.75, 3.05) is 32.4 Å². The Kier molecular flexibility index (Phi) is 5.75. The monoisotopic (exact) mass is 315 g/mol. The van der Waals surface area contributed by atoms with Crippen LogP contribution in [0.2, 0.25) is 0 Å². The van der Waals surface area contributed by atoms with Gasteiger partial charge in [-0.2, -0.15) is 11.8 Å². The van der Waals surface area contributed by atoms with Gasteiger partial charge < -0.3 is 15.3 Å². The maximum absolute atomic E-state index is 12.1. The van der Waals surface area contributed by atoms with Crippen molar-refractivity contribution in [3.05, 3.63) is 0 Å². The van der Waals surface area contributed by atoms with Gasteiger partial charge in [-0.15, -0.1) is 0 Å². The molecule has 1 atom stereocenters. The molecule has 0 spiro atoms. The van der Waals surface area contributed by atoms with Gasteiger partial charge in [0.25, 0.3) is 0 Å². The van der Waals surface area contributed by atoms with E-state index in [1.165, 1.54) is 0 Å². The molecule has 0 aromatic rings. The summed E-state index contributed by atoms with van der Waals surface area (Å²) in [5.41, 5.74) is 0. The van der Waals surface area contributed by atoms with Gasteiger partial charge in [0, 0.05) is 30.4 Å². The molecule has 2 rings (SSSR count). The molecular weight excluding hydrogens is 290 g/mol. The zero-order chi connectivity index (χ0) is 15.4. The van der Waals surface area contributed by atoms with Crippen molar-refractivity contribution in [3.8, 4) is 0 Å². The predicted octanol–water partition coefficient (Wildman–Crippen LogP) is 1.07. The van der Waals surface area contributed by atoms with Crippen molar-refractivity contribution in [2.24, 2.45) is 0 Å². The first-order chi connectivity index (χ1) is 10.0. The molecule has 0 aromatic carbocycles. The van der Waals surface area contributed by atoms with Crippen molar-refractivity contribution < 1.29 is 14.7 Å². The lowest BCUT2D eigenvalue weighted by atomic mass is 9.85. The van der Waals surface area contributed by atoms with Gasteiger partial charge in [0.15, 0.2) is 0 Å². The Balaban J connectivity index is 1.70. The number of rotatable bonds is 6. The molecule has 2 N–H and O–H groups in total. The van der Waals surface area contributed by atoms with Crippen molar-refractivity contribution in [1.29, 1.82) is 0 Å². The van der Waals surface area contributed by atoms with Crippen LogP contribution in [-0.2, 0) is 4.79 Å². The first kappa shape index (κ1) is 16.4. The molecule has 2 amide bonds. The van der Waals surface area contributed by atoms with Crippen molar-refractivity contribution >= 4 is 23.8 Å². The zero-order valence-electron chi connectivity index (χ0n) is 12.7. The molecule has 0 bridgehead atoms. The summed E-state index contributed by atoms with van der Waals surface area (Å²) in [6.45, 7) is 4.47. The van der Waals surface area contributed by atoms with E-state index >= 15 is 0 Å². The fourth-order valence-corrected chi connectivity index (χ4v) is 3.72. The van der Waals surface area contributed by atoms with E-state index in [1.807, 2.05) is 28.5 Å². The summed E-state index contributed by atoms with van der Waals surface area (Å²) in [5.74, 6) is -0.787. The average Bonchev–Trinajstić information content (AvgIpc) is 2.88. The minimum atomic E-state index is -0.787. The fourth-order valence-electron chi connectivity index (χ4n) is 3.05. The molecule has 7 heteroatoms. The number of hydrogen-bond donors (Lipinski definition) is 2. The summed E-state index contributed by atoms with van der Waals surface area (Å²) >= 11 is 1.82. The van der Waals surface area contributed by atoms with Crippen molar-refractivity contribution in [3.63, 3.8) is 0 Å². The number of likely N-dealkylation sites (tertiary alicyclic amines) is 1. The van der Waals surface area contributed by atoms with E-state index < -0.39 is 5.97 Å². The predicted molar refractivity (Wildman–Crippen MR) is 83.7 cm³/mol. The highest BCUT2D eigenvalue weighted by atomic mass is 32.2. The number of carboxylic acids is 1. The number of thioether (sulfide) groups is 1. The van der Waals surface area contributed by atoms with E-state index in [0.29, 0.717) is 5.25 Å². The van der Waals surface area contributed by atoms with E-state index in [9.17, 15) is 9.59 Å². The molecule has 1 saturated heterocycles. The number of likely N-dealkylation sites (N-methyl/N-ethyl adjacent to an activating group) is 1. The lowest BCUT2D eigenvalue weighted by molar-refractivity contribution is -0.139. The normalized spacial score (nSPS) is 28.5. The van der Waals surface area contributed by atoms with Crippen LogP contribution < -0.4 is 5.32 Å². The number of nitrogens with one attached hydrogen (secondary N) is 1. The highest BCUT2D eigenvalue weighted by molar-refractivity contribution is 7.99. The van der Waals surface area contributed by atoms with Crippen molar-refractivity contribution in [1.82, 2.24) is 15.1 Å². The van der Waals surface area contributed by atoms with E-state index in [2.05, 4.69) is 11.6 Å². The molecular formula is C14H25N3O3S. The van der Waals surface area contributed by atoms with Gasteiger partial charge >= 0.3 is 12.0 Å². The molecule has 2 fully saturated rings. The Morgan fingerprint density at radius 3 is 2.67 bits per heavy atom. The topological polar surface area (TPSA) is 72.9 Å². The number of carbonyl (C=O) groups excluding carboxylic acids is 1. The van der Waals surface area contributed by atoms with Crippen LogP contribution in [0.25, 0.3) is 0 Å². The van der Waals surface area contributed by atoms with Crippen LogP contribution in [0.1, 0.15) is 26.2 Å². The second-order valence-corrected chi connectivity index (χ2v) is 6.96. The smallest absolute Gasteiger partial charge is 0.317 e. The average molecular weight is 315 g/mol. The van der Waals surface area contributed by atoms with Crippen LogP contribution in [-0.4, -0.2) is 76.7 Å². The van der Waals surface area contributed by atoms with Gasteiger partial charge in [-0.05, 0) is 32.1 Å². The Bertz CT molecular complexity index is 388. The number of nitrogens with zero attached hydrogens (tertiary/aromatic N) is 2. The quantitative estimate of drug-likeness (QED) is 0.767. The summed E-state index contributed by atoms with van der Waals surface area (Å²) in [6, 6.07) is 0.517. The maximum atomic E-state index is 12.1. The third-order valence-corrected chi connectivity index (χ3v) is 5.52. The van der Waals surface area contributed by atoms with E-state index in [0.717, 1.165) is 38.9 Å². The molecule has 1 saturated carbocycles. The molecule has 21 heavy (non-hydrogen) atoms. The maximum Gasteiger partial charge on any atom is 0.317 e. The van der Waals surface area contributed by atoms with Crippen LogP contribution in [0.3, 0.4) is 0 Å². The molecule has 6 nitrogen and oxygen atoms in total. The minimum absolute atomic E-state index is 0.0382. The molecule has 1 aliphatic carbocycles. The lowest BCUT2D eigenvalue weighted by Crippen LogP contribution is -2.56. The Morgan fingerprint density at radius 1 is 1.43 bits per heavy atom. The third kappa shape index (κ3) is 4.26. The number of carbonyl (C=O) groups is 2. The van der Waals surface area contributed by atoms with Crippen LogP contribution in [0.5, 0.6) is 0 Å². The molecule has 1 heterocycles. The number of urea groups is 1. The van der Waals surface area contributed by atoms with Gasteiger partial charge in [-0.3, -0.25) is 9.69 Å². The third-order valence-electron chi connectivity index (χ3n) is 4.47. The van der Waals surface area contributed by atoms with E-state index in [4.69, 9.17) is 5.11 Å².